The summed E-state index contributed by atoms with van der Waals surface area (Å²) in [5.41, 5.74) is 0. The third kappa shape index (κ3) is 4.55. The van der Waals surface area contributed by atoms with Gasteiger partial charge in [0.15, 0.2) is 18.5 Å². The van der Waals surface area contributed by atoms with E-state index in [4.69, 9.17) is 14.2 Å². The maximum atomic E-state index is 10.4. The van der Waals surface area contributed by atoms with Crippen molar-refractivity contribution >= 4 is 0 Å². The van der Waals surface area contributed by atoms with Crippen LogP contribution in [-0.2, 0) is 9.47 Å². The van der Waals surface area contributed by atoms with Gasteiger partial charge in [-0.25, -0.2) is 0 Å². The van der Waals surface area contributed by atoms with Crippen LogP contribution in [0.25, 0.3) is 0 Å². The highest BCUT2D eigenvalue weighted by Crippen LogP contribution is 2.41. The van der Waals surface area contributed by atoms with E-state index in [1.807, 2.05) is 0 Å². The number of hydrogen-bond donors (Lipinski definition) is 6. The van der Waals surface area contributed by atoms with E-state index in [0.29, 0.717) is 18.8 Å². The van der Waals surface area contributed by atoms with Crippen LogP contribution >= 0.6 is 0 Å². The average Bonchev–Trinajstić information content (AvgIpc) is 2.75. The summed E-state index contributed by atoms with van der Waals surface area (Å²) in [5.74, 6) is 0.449. The molecule has 0 aromatic heterocycles. The van der Waals surface area contributed by atoms with Crippen LogP contribution in [-0.4, -0.2) is 103 Å². The fourth-order valence-electron chi connectivity index (χ4n) is 5.80. The van der Waals surface area contributed by atoms with E-state index in [0.717, 1.165) is 38.5 Å². The second kappa shape index (κ2) is 9.64. The third-order valence-corrected chi connectivity index (χ3v) is 7.61. The lowest BCUT2D eigenvalue weighted by molar-refractivity contribution is -0.350. The van der Waals surface area contributed by atoms with Gasteiger partial charge in [-0.2, -0.15) is 0 Å². The number of fused-ring (bicyclic) bond motifs is 1. The Morgan fingerprint density at radius 3 is 2.30 bits per heavy atom. The van der Waals surface area contributed by atoms with Gasteiger partial charge in [-0.3, -0.25) is 0 Å². The maximum Gasteiger partial charge on any atom is 0.187 e. The molecule has 174 valence electrons. The van der Waals surface area contributed by atoms with Crippen LogP contribution in [0.4, 0.5) is 0 Å². The SMILES string of the molecule is OCC1OC(OC2CC3CCCCC3[OH+]C2C2CCC(O)C(O)C2)C(O)C(O)C1O. The van der Waals surface area contributed by atoms with Crippen LogP contribution in [0.5, 0.6) is 0 Å². The molecule has 2 heterocycles. The fourth-order valence-corrected chi connectivity index (χ4v) is 5.80. The highest BCUT2D eigenvalue weighted by Gasteiger charge is 2.52. The van der Waals surface area contributed by atoms with E-state index < -0.39 is 49.5 Å². The Bertz CT molecular complexity index is 561. The van der Waals surface area contributed by atoms with E-state index in [-0.39, 0.29) is 24.2 Å². The minimum absolute atomic E-state index is 0.0566. The normalized spacial score (nSPS) is 52.6. The zero-order valence-electron chi connectivity index (χ0n) is 17.2. The zero-order chi connectivity index (χ0) is 21.4. The van der Waals surface area contributed by atoms with Gasteiger partial charge in [0.2, 0.25) is 0 Å². The zero-order valence-corrected chi connectivity index (χ0v) is 17.2. The van der Waals surface area contributed by atoms with Crippen molar-refractivity contribution in [3.05, 3.63) is 0 Å². The molecule has 30 heavy (non-hydrogen) atoms. The van der Waals surface area contributed by atoms with Crippen molar-refractivity contribution in [1.82, 2.24) is 0 Å². The number of hydrogen-bond acceptors (Lipinski definition) is 8. The highest BCUT2D eigenvalue weighted by atomic mass is 16.7. The van der Waals surface area contributed by atoms with Crippen molar-refractivity contribution in [3.8, 4) is 0 Å². The molecule has 2 saturated heterocycles. The van der Waals surface area contributed by atoms with Gasteiger partial charge < -0.3 is 44.8 Å². The molecule has 0 aromatic rings. The first-order valence-corrected chi connectivity index (χ1v) is 11.4. The van der Waals surface area contributed by atoms with Crippen LogP contribution in [0.3, 0.4) is 0 Å². The summed E-state index contributed by atoms with van der Waals surface area (Å²) < 4.78 is 16.9. The summed E-state index contributed by atoms with van der Waals surface area (Å²) in [6.45, 7) is -0.499. The van der Waals surface area contributed by atoms with E-state index in [2.05, 4.69) is 0 Å². The maximum absolute atomic E-state index is 10.4. The van der Waals surface area contributed by atoms with Crippen LogP contribution in [0, 0.1) is 11.8 Å². The van der Waals surface area contributed by atoms with Gasteiger partial charge in [0.25, 0.3) is 0 Å². The number of ether oxygens (including phenoxy) is 3. The van der Waals surface area contributed by atoms with Gasteiger partial charge >= 0.3 is 0 Å². The van der Waals surface area contributed by atoms with Gasteiger partial charge in [-0.1, -0.05) is 6.42 Å². The van der Waals surface area contributed by atoms with Gasteiger partial charge in [-0.05, 0) is 38.5 Å². The second-order valence-corrected chi connectivity index (χ2v) is 9.57. The third-order valence-electron chi connectivity index (χ3n) is 7.61. The van der Waals surface area contributed by atoms with Crippen molar-refractivity contribution in [2.24, 2.45) is 11.8 Å². The summed E-state index contributed by atoms with van der Waals surface area (Å²) >= 11 is 0. The average molecular weight is 434 g/mol. The molecule has 0 radical (unpaired) electrons. The first-order chi connectivity index (χ1) is 14.4. The molecule has 0 spiro atoms. The smallest absolute Gasteiger partial charge is 0.187 e. The topological polar surface area (TPSA) is 153 Å². The largest absolute Gasteiger partial charge is 0.427 e. The van der Waals surface area contributed by atoms with E-state index in [9.17, 15) is 30.6 Å². The summed E-state index contributed by atoms with van der Waals surface area (Å²) in [7, 11) is 0. The number of aliphatic hydroxyl groups excluding tert-OH is 6. The Balaban J connectivity index is 1.50. The minimum Gasteiger partial charge on any atom is -0.427 e. The van der Waals surface area contributed by atoms with Crippen molar-refractivity contribution in [1.29, 1.82) is 0 Å². The summed E-state index contributed by atoms with van der Waals surface area (Å²) in [6, 6.07) is 0. The predicted octanol–water partition coefficient (Wildman–Crippen LogP) is -1.45. The first-order valence-electron chi connectivity index (χ1n) is 11.4. The van der Waals surface area contributed by atoms with Gasteiger partial charge in [-0.15, -0.1) is 0 Å². The van der Waals surface area contributed by atoms with Crippen molar-refractivity contribution in [3.63, 3.8) is 0 Å². The molecular weight excluding hydrogens is 396 g/mol. The van der Waals surface area contributed by atoms with E-state index >= 15 is 0 Å². The van der Waals surface area contributed by atoms with Gasteiger partial charge in [0.05, 0.1) is 18.8 Å². The van der Waals surface area contributed by atoms with Gasteiger partial charge in [0, 0.05) is 18.3 Å². The van der Waals surface area contributed by atoms with Crippen molar-refractivity contribution < 1.29 is 44.8 Å². The molecule has 7 N–H and O–H groups in total. The molecule has 9 heteroatoms. The van der Waals surface area contributed by atoms with Crippen molar-refractivity contribution in [2.75, 3.05) is 6.61 Å². The van der Waals surface area contributed by atoms with Gasteiger partial charge in [0.1, 0.15) is 30.5 Å². The molecule has 2 saturated carbocycles. The fraction of sp³-hybridized carbons (Fsp3) is 1.00. The lowest BCUT2D eigenvalue weighted by Gasteiger charge is -2.47. The Morgan fingerprint density at radius 2 is 1.57 bits per heavy atom. The molecule has 0 amide bonds. The molecule has 4 fully saturated rings. The highest BCUT2D eigenvalue weighted by molar-refractivity contribution is 4.95. The second-order valence-electron chi connectivity index (χ2n) is 9.57. The van der Waals surface area contributed by atoms with Crippen LogP contribution in [0.15, 0.2) is 0 Å². The molecule has 2 aliphatic heterocycles. The molecular formula is C21H37O9+. The predicted molar refractivity (Wildman–Crippen MR) is 104 cm³/mol. The van der Waals surface area contributed by atoms with Crippen LogP contribution < -0.4 is 0 Å². The first kappa shape index (κ1) is 22.8. The Labute approximate surface area is 176 Å². The molecule has 0 aromatic carbocycles. The molecule has 9 nitrogen and oxygen atoms in total. The lowest BCUT2D eigenvalue weighted by Crippen LogP contribution is -2.62. The number of aliphatic hydroxyl groups is 8. The summed E-state index contributed by atoms with van der Waals surface area (Å²) in [5, 5.41) is 60.1. The molecule has 12 unspecified atom stereocenters. The van der Waals surface area contributed by atoms with Crippen LogP contribution in [0.1, 0.15) is 51.4 Å². The molecule has 4 rings (SSSR count). The summed E-state index contributed by atoms with van der Waals surface area (Å²) in [4.78, 5) is 0. The molecule has 2 aliphatic carbocycles. The van der Waals surface area contributed by atoms with Crippen LogP contribution in [0.2, 0.25) is 0 Å². The Morgan fingerprint density at radius 1 is 0.800 bits per heavy atom. The van der Waals surface area contributed by atoms with E-state index in [1.54, 1.807) is 0 Å². The number of rotatable bonds is 4. The van der Waals surface area contributed by atoms with E-state index in [1.165, 1.54) is 0 Å². The lowest BCUT2D eigenvalue weighted by atomic mass is 9.74. The Hall–Kier alpha value is -0.360. The standard InChI is InChI=1S/C21H36O9/c22-9-16-17(25)18(26)19(27)21(30-16)29-15-8-10-3-1-2-4-14(10)28-20(15)11-5-6-12(23)13(24)7-11/h10-27H,1-9H2/p+1. The Kier molecular flexibility index (Phi) is 7.33. The monoisotopic (exact) mass is 433 g/mol. The minimum atomic E-state index is -1.48. The van der Waals surface area contributed by atoms with Crippen molar-refractivity contribution in [2.45, 2.75) is 113 Å². The molecule has 12 atom stereocenters. The molecule has 4 aliphatic rings. The quantitative estimate of drug-likeness (QED) is 0.295. The molecule has 0 bridgehead atoms. The summed E-state index contributed by atoms with van der Waals surface area (Å²) in [6.07, 6.45) is -1.44.